The zero-order valence-corrected chi connectivity index (χ0v) is 12.7. The van der Waals surface area contributed by atoms with Gasteiger partial charge in [-0.2, -0.15) is 8.78 Å². The summed E-state index contributed by atoms with van der Waals surface area (Å²) < 4.78 is 43.0. The Hall–Kier alpha value is -2.90. The van der Waals surface area contributed by atoms with E-state index in [9.17, 15) is 13.2 Å². The summed E-state index contributed by atoms with van der Waals surface area (Å²) in [5.41, 5.74) is 1.89. The van der Waals surface area contributed by atoms with Crippen LogP contribution >= 0.6 is 0 Å². The summed E-state index contributed by atoms with van der Waals surface area (Å²) in [6.45, 7) is 0.454. The molecule has 0 radical (unpaired) electrons. The highest BCUT2D eigenvalue weighted by Crippen LogP contribution is 2.23. The van der Waals surface area contributed by atoms with Crippen LogP contribution in [0.1, 0.15) is 18.0 Å². The van der Waals surface area contributed by atoms with Gasteiger partial charge < -0.3 is 9.32 Å². The smallest absolute Gasteiger partial charge is 0.314 e. The number of aromatic nitrogens is 3. The van der Waals surface area contributed by atoms with Crippen LogP contribution in [0, 0.1) is 5.82 Å². The average molecular weight is 334 g/mol. The molecule has 24 heavy (non-hydrogen) atoms. The normalized spacial score (nSPS) is 11.0. The molecule has 3 rings (SSSR count). The highest BCUT2D eigenvalue weighted by molar-refractivity contribution is 5.51. The largest absolute Gasteiger partial charge is 0.415 e. The molecule has 2 heterocycles. The zero-order valence-electron chi connectivity index (χ0n) is 12.7. The van der Waals surface area contributed by atoms with Crippen LogP contribution in [0.3, 0.4) is 0 Å². The Morgan fingerprint density at radius 1 is 1.17 bits per heavy atom. The van der Waals surface area contributed by atoms with E-state index < -0.39 is 12.3 Å². The molecule has 0 fully saturated rings. The summed E-state index contributed by atoms with van der Waals surface area (Å²) in [7, 11) is 1.82. The summed E-state index contributed by atoms with van der Waals surface area (Å²) in [5.74, 6) is -1.04. The molecule has 8 heteroatoms. The molecule has 0 aliphatic rings. The van der Waals surface area contributed by atoms with E-state index in [1.807, 2.05) is 11.9 Å². The summed E-state index contributed by atoms with van der Waals surface area (Å²) in [6.07, 6.45) is -1.34. The van der Waals surface area contributed by atoms with Crippen molar-refractivity contribution in [3.8, 4) is 11.5 Å². The summed E-state index contributed by atoms with van der Waals surface area (Å²) in [6, 6.07) is 9.61. The van der Waals surface area contributed by atoms with Gasteiger partial charge in [-0.1, -0.05) is 6.07 Å². The predicted octanol–water partition coefficient (Wildman–Crippen LogP) is 3.84. The Bertz CT molecular complexity index is 820. The summed E-state index contributed by atoms with van der Waals surface area (Å²) in [4.78, 5) is 6.09. The second-order valence-electron chi connectivity index (χ2n) is 5.12. The van der Waals surface area contributed by atoms with Gasteiger partial charge in [-0.3, -0.25) is 4.98 Å². The van der Waals surface area contributed by atoms with Crippen molar-refractivity contribution in [3.63, 3.8) is 0 Å². The molecule has 5 nitrogen and oxygen atoms in total. The topological polar surface area (TPSA) is 55.1 Å². The van der Waals surface area contributed by atoms with Crippen LogP contribution < -0.4 is 4.90 Å². The molecule has 1 aromatic carbocycles. The number of hydrogen-bond donors (Lipinski definition) is 0. The minimum Gasteiger partial charge on any atom is -0.415 e. The number of nitrogens with zero attached hydrogens (tertiary/aromatic N) is 4. The molecule has 0 unspecified atom stereocenters. The van der Waals surface area contributed by atoms with Crippen molar-refractivity contribution in [2.45, 2.75) is 13.0 Å². The summed E-state index contributed by atoms with van der Waals surface area (Å²) in [5, 5.41) is 6.84. The third-order valence-corrected chi connectivity index (χ3v) is 3.35. The molecule has 0 N–H and O–H groups in total. The van der Waals surface area contributed by atoms with Gasteiger partial charge in [-0.25, -0.2) is 4.39 Å². The van der Waals surface area contributed by atoms with Crippen molar-refractivity contribution in [2.24, 2.45) is 0 Å². The number of hydrogen-bond acceptors (Lipinski definition) is 5. The molecular formula is C16H13F3N4O. The van der Waals surface area contributed by atoms with E-state index in [4.69, 9.17) is 4.42 Å². The fourth-order valence-corrected chi connectivity index (χ4v) is 2.13. The molecule has 0 saturated heterocycles. The molecule has 0 saturated carbocycles. The van der Waals surface area contributed by atoms with E-state index >= 15 is 0 Å². The Balaban J connectivity index is 1.72. The molecular weight excluding hydrogens is 321 g/mol. The molecule has 0 bridgehead atoms. The van der Waals surface area contributed by atoms with Gasteiger partial charge in [0.25, 0.3) is 5.89 Å². The van der Waals surface area contributed by atoms with Crippen molar-refractivity contribution < 1.29 is 17.6 Å². The number of pyridine rings is 1. The van der Waals surface area contributed by atoms with Crippen LogP contribution in [0.25, 0.3) is 11.5 Å². The number of benzene rings is 1. The lowest BCUT2D eigenvalue weighted by Gasteiger charge is -2.18. The summed E-state index contributed by atoms with van der Waals surface area (Å²) >= 11 is 0. The lowest BCUT2D eigenvalue weighted by Crippen LogP contribution is -2.17. The molecule has 0 spiro atoms. The fraction of sp³-hybridized carbons (Fsp3) is 0.188. The standard InChI is InChI=1S/C16H13F3N4O/c1-23(13-4-2-3-11(17)7-13)9-12-6-5-10(8-20-12)15-21-22-16(24-15)14(18)19/h2-8,14H,9H2,1H3. The van der Waals surface area contributed by atoms with Crippen molar-refractivity contribution in [2.75, 3.05) is 11.9 Å². The fourth-order valence-electron chi connectivity index (χ4n) is 2.13. The van der Waals surface area contributed by atoms with Gasteiger partial charge in [0.2, 0.25) is 5.89 Å². The SMILES string of the molecule is CN(Cc1ccc(-c2nnc(C(F)F)o2)cn1)c1cccc(F)c1. The van der Waals surface area contributed by atoms with Crippen molar-refractivity contribution in [1.82, 2.24) is 15.2 Å². The van der Waals surface area contributed by atoms with Gasteiger partial charge >= 0.3 is 6.43 Å². The minimum atomic E-state index is -2.81. The first-order valence-electron chi connectivity index (χ1n) is 7.06. The zero-order chi connectivity index (χ0) is 17.1. The Morgan fingerprint density at radius 3 is 2.62 bits per heavy atom. The van der Waals surface area contributed by atoms with E-state index in [0.717, 1.165) is 11.4 Å². The van der Waals surface area contributed by atoms with Crippen molar-refractivity contribution >= 4 is 5.69 Å². The highest BCUT2D eigenvalue weighted by Gasteiger charge is 2.17. The first-order chi connectivity index (χ1) is 11.5. The van der Waals surface area contributed by atoms with Gasteiger partial charge in [-0.05, 0) is 30.3 Å². The van der Waals surface area contributed by atoms with Crippen LogP contribution in [0.5, 0.6) is 0 Å². The lowest BCUT2D eigenvalue weighted by molar-refractivity contribution is 0.116. The van der Waals surface area contributed by atoms with E-state index in [1.165, 1.54) is 18.3 Å². The molecule has 0 aliphatic heterocycles. The predicted molar refractivity (Wildman–Crippen MR) is 81.0 cm³/mol. The monoisotopic (exact) mass is 334 g/mol. The van der Waals surface area contributed by atoms with Gasteiger partial charge in [0.05, 0.1) is 17.8 Å². The molecule has 0 atom stereocenters. The maximum atomic E-state index is 13.2. The van der Waals surface area contributed by atoms with Crippen LogP contribution in [-0.2, 0) is 6.54 Å². The molecule has 2 aromatic heterocycles. The minimum absolute atomic E-state index is 0.0113. The molecule has 0 amide bonds. The number of rotatable bonds is 5. The Morgan fingerprint density at radius 2 is 2.00 bits per heavy atom. The maximum absolute atomic E-state index is 13.2. The van der Waals surface area contributed by atoms with E-state index in [2.05, 4.69) is 15.2 Å². The third-order valence-electron chi connectivity index (χ3n) is 3.35. The van der Waals surface area contributed by atoms with Crippen molar-refractivity contribution in [3.05, 3.63) is 60.0 Å². The maximum Gasteiger partial charge on any atom is 0.314 e. The first kappa shape index (κ1) is 16.0. The van der Waals surface area contributed by atoms with Gasteiger partial charge in [0.15, 0.2) is 0 Å². The van der Waals surface area contributed by atoms with Crippen LogP contribution in [0.4, 0.5) is 18.9 Å². The second-order valence-corrected chi connectivity index (χ2v) is 5.12. The highest BCUT2D eigenvalue weighted by atomic mass is 19.3. The number of anilines is 1. The van der Waals surface area contributed by atoms with E-state index in [-0.39, 0.29) is 11.7 Å². The third kappa shape index (κ3) is 3.53. The van der Waals surface area contributed by atoms with E-state index in [1.54, 1.807) is 24.3 Å². The lowest BCUT2D eigenvalue weighted by atomic mass is 10.2. The Labute approximate surface area is 135 Å². The van der Waals surface area contributed by atoms with Crippen molar-refractivity contribution in [1.29, 1.82) is 0 Å². The van der Waals surface area contributed by atoms with E-state index in [0.29, 0.717) is 12.1 Å². The first-order valence-corrected chi connectivity index (χ1v) is 7.06. The molecule has 124 valence electrons. The van der Waals surface area contributed by atoms with Gasteiger partial charge in [0, 0.05) is 18.9 Å². The van der Waals surface area contributed by atoms with Crippen LogP contribution in [0.2, 0.25) is 0 Å². The molecule has 0 aliphatic carbocycles. The van der Waals surface area contributed by atoms with Crippen LogP contribution in [0.15, 0.2) is 47.0 Å². The van der Waals surface area contributed by atoms with Gasteiger partial charge in [-0.15, -0.1) is 10.2 Å². The second kappa shape index (κ2) is 6.69. The van der Waals surface area contributed by atoms with Crippen LogP contribution in [-0.4, -0.2) is 22.2 Å². The quantitative estimate of drug-likeness (QED) is 0.709. The van der Waals surface area contributed by atoms with Gasteiger partial charge in [0.1, 0.15) is 5.82 Å². The number of halogens is 3. The Kier molecular flexibility index (Phi) is 4.45. The number of alkyl halides is 2. The molecule has 3 aromatic rings. The average Bonchev–Trinajstić information content (AvgIpc) is 3.06.